The summed E-state index contributed by atoms with van der Waals surface area (Å²) in [7, 11) is 0. The zero-order valence-corrected chi connectivity index (χ0v) is 23.8. The molecule has 11 nitrogen and oxygen atoms in total. The molecule has 5 rings (SSSR count). The van der Waals surface area contributed by atoms with Gasteiger partial charge in [0.1, 0.15) is 29.7 Å². The van der Waals surface area contributed by atoms with Crippen LogP contribution in [0.3, 0.4) is 0 Å². The Kier molecular flexibility index (Phi) is 9.79. The van der Waals surface area contributed by atoms with Crippen molar-refractivity contribution >= 4 is 23.3 Å². The van der Waals surface area contributed by atoms with Crippen molar-refractivity contribution in [1.29, 1.82) is 0 Å². The number of anilines is 1. The Balaban J connectivity index is 1.04. The fraction of sp³-hybridized carbons (Fsp3) is 0.567. The topological polar surface area (TPSA) is 132 Å². The number of carbonyl (C=O) groups excluding carboxylic acids is 2. The first-order chi connectivity index (χ1) is 19.9. The van der Waals surface area contributed by atoms with Crippen LogP contribution in [0.4, 0.5) is 5.82 Å². The Hall–Kier alpha value is -3.57. The number of oxime groups is 1. The minimum Gasteiger partial charge on any atom is -0.392 e. The van der Waals surface area contributed by atoms with Gasteiger partial charge in [-0.3, -0.25) is 14.5 Å². The Morgan fingerprint density at radius 1 is 1.10 bits per heavy atom. The van der Waals surface area contributed by atoms with Crippen molar-refractivity contribution in [2.75, 3.05) is 38.0 Å². The number of likely N-dealkylation sites (tertiary alicyclic amines) is 1. The van der Waals surface area contributed by atoms with Crippen molar-refractivity contribution in [2.24, 2.45) is 5.16 Å². The standard InChI is InChI=1S/C30H41N7O4/c1-21(35-41-26-8-4-5-9-26)30(40)37-14-11-24(12-15-37)34-28-16-27(32-20-33-28)29(39)31-17-25(38)19-36-13-10-22-6-2-3-7-23(22)18-36/h2-3,6-7,16,20,24-26,38H,4-5,8-15,17-19H2,1H3,(H,31,39)(H,32,33,34)/b35-21-/t25-/m0/s1. The average Bonchev–Trinajstić information content (AvgIpc) is 3.53. The number of rotatable bonds is 10. The van der Waals surface area contributed by atoms with E-state index in [0.717, 1.165) is 58.0 Å². The van der Waals surface area contributed by atoms with Gasteiger partial charge in [-0.2, -0.15) is 0 Å². The Morgan fingerprint density at radius 2 is 1.85 bits per heavy atom. The minimum absolute atomic E-state index is 0.0882. The van der Waals surface area contributed by atoms with Gasteiger partial charge in [-0.05, 0) is 63.0 Å². The zero-order chi connectivity index (χ0) is 28.6. The molecule has 0 bridgehead atoms. The summed E-state index contributed by atoms with van der Waals surface area (Å²) in [6.07, 6.45) is 7.61. The molecule has 1 saturated carbocycles. The Labute approximate surface area is 241 Å². The molecule has 1 aliphatic carbocycles. The number of nitrogens with zero attached hydrogens (tertiary/aromatic N) is 5. The molecule has 1 atom stereocenters. The van der Waals surface area contributed by atoms with Gasteiger partial charge in [-0.25, -0.2) is 9.97 Å². The minimum atomic E-state index is -0.681. The number of fused-ring (bicyclic) bond motifs is 1. The number of aliphatic hydroxyl groups excluding tert-OH is 1. The summed E-state index contributed by atoms with van der Waals surface area (Å²) in [6, 6.07) is 10.1. The summed E-state index contributed by atoms with van der Waals surface area (Å²) in [6.45, 7) is 5.24. The first kappa shape index (κ1) is 28.9. The Bertz CT molecular complexity index is 1220. The van der Waals surface area contributed by atoms with Crippen LogP contribution in [0.1, 0.15) is 67.1 Å². The van der Waals surface area contributed by atoms with E-state index in [0.29, 0.717) is 31.2 Å². The van der Waals surface area contributed by atoms with E-state index in [4.69, 9.17) is 4.84 Å². The number of nitrogens with one attached hydrogen (secondary N) is 2. The molecule has 220 valence electrons. The molecule has 1 saturated heterocycles. The highest BCUT2D eigenvalue weighted by Gasteiger charge is 2.26. The fourth-order valence-corrected chi connectivity index (χ4v) is 5.79. The maximum atomic E-state index is 12.8. The second-order valence-electron chi connectivity index (χ2n) is 11.3. The predicted octanol–water partition coefficient (Wildman–Crippen LogP) is 2.36. The van der Waals surface area contributed by atoms with Crippen molar-refractivity contribution < 1.29 is 19.5 Å². The molecule has 2 amide bonds. The van der Waals surface area contributed by atoms with Crippen LogP contribution >= 0.6 is 0 Å². The Morgan fingerprint density at radius 3 is 2.63 bits per heavy atom. The lowest BCUT2D eigenvalue weighted by molar-refractivity contribution is -0.125. The van der Waals surface area contributed by atoms with Gasteiger partial charge in [-0.1, -0.05) is 29.4 Å². The number of carbonyl (C=O) groups is 2. The van der Waals surface area contributed by atoms with E-state index in [1.54, 1.807) is 13.0 Å². The van der Waals surface area contributed by atoms with Crippen LogP contribution in [0.25, 0.3) is 0 Å². The highest BCUT2D eigenvalue weighted by atomic mass is 16.6. The summed E-state index contributed by atoms with van der Waals surface area (Å²) in [4.78, 5) is 43.5. The molecule has 11 heteroatoms. The number of aromatic nitrogens is 2. The van der Waals surface area contributed by atoms with E-state index in [9.17, 15) is 14.7 Å². The summed E-state index contributed by atoms with van der Waals surface area (Å²) in [5.74, 6) is 0.119. The van der Waals surface area contributed by atoms with Crippen molar-refractivity contribution in [2.45, 2.75) is 76.7 Å². The van der Waals surface area contributed by atoms with Crippen LogP contribution in [0, 0.1) is 0 Å². The molecule has 0 spiro atoms. The van der Waals surface area contributed by atoms with E-state index in [1.807, 2.05) is 11.0 Å². The van der Waals surface area contributed by atoms with Crippen molar-refractivity contribution in [3.63, 3.8) is 0 Å². The van der Waals surface area contributed by atoms with E-state index in [-0.39, 0.29) is 36.2 Å². The molecule has 2 aliphatic heterocycles. The van der Waals surface area contributed by atoms with Gasteiger partial charge in [0, 0.05) is 51.4 Å². The lowest BCUT2D eigenvalue weighted by atomic mass is 10.00. The smallest absolute Gasteiger partial charge is 0.271 e. The van der Waals surface area contributed by atoms with E-state index >= 15 is 0 Å². The summed E-state index contributed by atoms with van der Waals surface area (Å²) < 4.78 is 0. The number of benzene rings is 1. The summed E-state index contributed by atoms with van der Waals surface area (Å²) in [5, 5.41) is 20.8. The van der Waals surface area contributed by atoms with Crippen LogP contribution in [0.2, 0.25) is 0 Å². The predicted molar refractivity (Wildman–Crippen MR) is 155 cm³/mol. The van der Waals surface area contributed by atoms with E-state index in [2.05, 4.69) is 48.9 Å². The number of hydrogen-bond donors (Lipinski definition) is 3. The molecule has 0 unspecified atom stereocenters. The monoisotopic (exact) mass is 563 g/mol. The molecule has 1 aromatic heterocycles. The third kappa shape index (κ3) is 8.01. The van der Waals surface area contributed by atoms with Crippen LogP contribution in [-0.4, -0.2) is 93.4 Å². The van der Waals surface area contributed by atoms with Crippen LogP contribution < -0.4 is 10.6 Å². The van der Waals surface area contributed by atoms with Gasteiger partial charge in [0.15, 0.2) is 0 Å². The molecule has 0 radical (unpaired) electrons. The average molecular weight is 564 g/mol. The van der Waals surface area contributed by atoms with Gasteiger partial charge in [0.2, 0.25) is 0 Å². The summed E-state index contributed by atoms with van der Waals surface area (Å²) >= 11 is 0. The van der Waals surface area contributed by atoms with E-state index < -0.39 is 6.10 Å². The number of amides is 2. The molecule has 3 N–H and O–H groups in total. The molecular formula is C30H41N7O4. The molecule has 2 fully saturated rings. The summed E-state index contributed by atoms with van der Waals surface area (Å²) in [5.41, 5.74) is 3.29. The molecule has 2 aromatic rings. The fourth-order valence-electron chi connectivity index (χ4n) is 5.79. The second kappa shape index (κ2) is 13.9. The SMILES string of the molecule is C/C(=N/OC1CCCC1)C(=O)N1CCC(Nc2cc(C(=O)NC[C@H](O)CN3CCc4ccccc4C3)ncn2)CC1. The third-order valence-corrected chi connectivity index (χ3v) is 8.16. The quantitative estimate of drug-likeness (QED) is 0.297. The number of aliphatic hydroxyl groups is 1. The van der Waals surface area contributed by atoms with Gasteiger partial charge >= 0.3 is 0 Å². The maximum Gasteiger partial charge on any atom is 0.271 e. The van der Waals surface area contributed by atoms with Gasteiger partial charge in [0.05, 0.1) is 6.10 Å². The van der Waals surface area contributed by atoms with Crippen LogP contribution in [0.15, 0.2) is 41.8 Å². The lowest BCUT2D eigenvalue weighted by Gasteiger charge is -2.32. The number of β-amino-alcohol motifs (C(OH)–C–C–N with tert-alkyl or cyclic N) is 1. The van der Waals surface area contributed by atoms with Gasteiger partial charge in [0.25, 0.3) is 11.8 Å². The normalized spacial score (nSPS) is 19.5. The zero-order valence-electron chi connectivity index (χ0n) is 23.8. The molecular weight excluding hydrogens is 522 g/mol. The van der Waals surface area contributed by atoms with Crippen molar-refractivity contribution in [3.05, 3.63) is 53.5 Å². The molecule has 3 aliphatic rings. The molecule has 1 aromatic carbocycles. The number of piperidine rings is 1. The maximum absolute atomic E-state index is 12.8. The van der Waals surface area contributed by atoms with Gasteiger partial charge < -0.3 is 25.5 Å². The van der Waals surface area contributed by atoms with Crippen LogP contribution in [0.5, 0.6) is 0 Å². The number of hydrogen-bond acceptors (Lipinski definition) is 9. The van der Waals surface area contributed by atoms with E-state index in [1.165, 1.54) is 17.5 Å². The highest BCUT2D eigenvalue weighted by Crippen LogP contribution is 2.22. The molecule has 3 heterocycles. The van der Waals surface area contributed by atoms with Crippen molar-refractivity contribution in [1.82, 2.24) is 25.1 Å². The van der Waals surface area contributed by atoms with Crippen LogP contribution in [-0.2, 0) is 22.6 Å². The van der Waals surface area contributed by atoms with Crippen molar-refractivity contribution in [3.8, 4) is 0 Å². The highest BCUT2D eigenvalue weighted by molar-refractivity contribution is 6.37. The second-order valence-corrected chi connectivity index (χ2v) is 11.3. The lowest BCUT2D eigenvalue weighted by Crippen LogP contribution is -2.44. The largest absolute Gasteiger partial charge is 0.392 e. The third-order valence-electron chi connectivity index (χ3n) is 8.16. The first-order valence-corrected chi connectivity index (χ1v) is 14.8. The molecule has 41 heavy (non-hydrogen) atoms. The van der Waals surface area contributed by atoms with Gasteiger partial charge in [-0.15, -0.1) is 0 Å². The first-order valence-electron chi connectivity index (χ1n) is 14.8.